The number of aliphatic carboxylic acids is 1. The minimum Gasteiger partial charge on any atom is -0.479 e. The summed E-state index contributed by atoms with van der Waals surface area (Å²) >= 11 is 0. The van der Waals surface area contributed by atoms with Gasteiger partial charge < -0.3 is 9.84 Å². The van der Waals surface area contributed by atoms with Gasteiger partial charge in [0.25, 0.3) is 0 Å². The molecule has 2 aliphatic carbocycles. The monoisotopic (exact) mass is 393 g/mol. The number of hydrogen-bond donors (Lipinski definition) is 1. The Morgan fingerprint density at radius 1 is 1.07 bits per heavy atom. The summed E-state index contributed by atoms with van der Waals surface area (Å²) in [5.74, 6) is -0.666. The number of rotatable bonds is 6. The predicted octanol–water partition coefficient (Wildman–Crippen LogP) is 4.90. The molecule has 0 heterocycles. The quantitative estimate of drug-likeness (QED) is 0.758. The zero-order valence-electron chi connectivity index (χ0n) is 16.9. The van der Waals surface area contributed by atoms with Gasteiger partial charge in [-0.3, -0.25) is 4.90 Å². The molecule has 29 heavy (non-hydrogen) atoms. The molecule has 0 bridgehead atoms. The van der Waals surface area contributed by atoms with Crippen LogP contribution in [0, 0.1) is 5.92 Å². The first kappa shape index (κ1) is 19.5. The molecule has 5 nitrogen and oxygen atoms in total. The fraction of sp³-hybridized carbons (Fsp3) is 0.417. The van der Waals surface area contributed by atoms with Gasteiger partial charge in [-0.05, 0) is 47.4 Å². The van der Waals surface area contributed by atoms with Gasteiger partial charge in [0.2, 0.25) is 0 Å². The molecule has 2 aliphatic rings. The maximum atomic E-state index is 13.0. The van der Waals surface area contributed by atoms with Crippen molar-refractivity contribution in [3.8, 4) is 11.1 Å². The van der Waals surface area contributed by atoms with Crippen molar-refractivity contribution in [3.05, 3.63) is 59.7 Å². The lowest BCUT2D eigenvalue weighted by atomic mass is 9.68. The Bertz CT molecular complexity index is 886. The van der Waals surface area contributed by atoms with E-state index >= 15 is 0 Å². The highest BCUT2D eigenvalue weighted by Crippen LogP contribution is 2.45. The lowest BCUT2D eigenvalue weighted by molar-refractivity contribution is -0.160. The van der Waals surface area contributed by atoms with Gasteiger partial charge in [-0.1, -0.05) is 62.4 Å². The van der Waals surface area contributed by atoms with Crippen LogP contribution >= 0.6 is 0 Å². The minimum atomic E-state index is -1.13. The number of nitrogens with zero attached hydrogens (tertiary/aromatic N) is 1. The predicted molar refractivity (Wildman–Crippen MR) is 111 cm³/mol. The molecular weight excluding hydrogens is 366 g/mol. The van der Waals surface area contributed by atoms with E-state index in [1.165, 1.54) is 16.0 Å². The molecule has 0 saturated heterocycles. The fourth-order valence-corrected chi connectivity index (χ4v) is 4.98. The van der Waals surface area contributed by atoms with Crippen LogP contribution in [-0.2, 0) is 9.53 Å². The average Bonchev–Trinajstić information content (AvgIpc) is 3.01. The lowest BCUT2D eigenvalue weighted by Gasteiger charge is -2.49. The number of amides is 1. The molecule has 0 aliphatic heterocycles. The number of carbonyl (C=O) groups is 2. The molecule has 0 aromatic heterocycles. The van der Waals surface area contributed by atoms with Crippen LogP contribution in [0.4, 0.5) is 4.79 Å². The first-order valence-corrected chi connectivity index (χ1v) is 10.3. The normalized spacial score (nSPS) is 22.3. The highest BCUT2D eigenvalue weighted by atomic mass is 16.6. The van der Waals surface area contributed by atoms with E-state index < -0.39 is 17.6 Å². The van der Waals surface area contributed by atoms with E-state index in [4.69, 9.17) is 4.74 Å². The number of carboxylic acids is 1. The second-order valence-corrected chi connectivity index (χ2v) is 8.31. The number of carboxylic acid groups (broad SMARTS) is 1. The highest BCUT2D eigenvalue weighted by Gasteiger charge is 2.55. The van der Waals surface area contributed by atoms with Crippen LogP contribution in [0.15, 0.2) is 48.5 Å². The van der Waals surface area contributed by atoms with Crippen LogP contribution in [0.2, 0.25) is 0 Å². The summed E-state index contributed by atoms with van der Waals surface area (Å²) in [6, 6.07) is 16.4. The summed E-state index contributed by atoms with van der Waals surface area (Å²) in [6.07, 6.45) is 1.12. The Morgan fingerprint density at radius 2 is 1.62 bits per heavy atom. The van der Waals surface area contributed by atoms with E-state index in [1.54, 1.807) is 0 Å². The molecule has 152 valence electrons. The topological polar surface area (TPSA) is 66.8 Å². The molecule has 1 saturated carbocycles. The van der Waals surface area contributed by atoms with Gasteiger partial charge in [-0.2, -0.15) is 0 Å². The van der Waals surface area contributed by atoms with Crippen LogP contribution in [-0.4, -0.2) is 40.8 Å². The first-order valence-electron chi connectivity index (χ1n) is 10.3. The Kier molecular flexibility index (Phi) is 5.07. The molecule has 0 atom stereocenters. The third kappa shape index (κ3) is 3.18. The van der Waals surface area contributed by atoms with E-state index in [1.807, 2.05) is 38.1 Å². The number of hydrogen-bond acceptors (Lipinski definition) is 3. The summed E-state index contributed by atoms with van der Waals surface area (Å²) < 4.78 is 5.75. The van der Waals surface area contributed by atoms with E-state index in [0.717, 1.165) is 11.1 Å². The summed E-state index contributed by atoms with van der Waals surface area (Å²) in [5, 5.41) is 9.84. The number of benzene rings is 2. The molecule has 2 aromatic carbocycles. The van der Waals surface area contributed by atoms with Crippen molar-refractivity contribution >= 4 is 12.1 Å². The van der Waals surface area contributed by atoms with E-state index in [2.05, 4.69) is 24.3 Å². The third-order valence-corrected chi connectivity index (χ3v) is 6.29. The van der Waals surface area contributed by atoms with E-state index in [-0.39, 0.29) is 12.5 Å². The van der Waals surface area contributed by atoms with E-state index in [9.17, 15) is 14.7 Å². The number of carbonyl (C=O) groups excluding carboxylic acids is 1. The van der Waals surface area contributed by atoms with Crippen molar-refractivity contribution in [2.75, 3.05) is 13.2 Å². The molecule has 1 fully saturated rings. The van der Waals surface area contributed by atoms with Crippen LogP contribution in [0.3, 0.4) is 0 Å². The smallest absolute Gasteiger partial charge is 0.410 e. The SMILES string of the molecule is CCCN(C(=O)OCC1c2ccccc2-c2ccccc21)C1(C(=O)O)CC(C)C1. The fourth-order valence-electron chi connectivity index (χ4n) is 4.98. The van der Waals surface area contributed by atoms with Gasteiger partial charge in [-0.25, -0.2) is 9.59 Å². The highest BCUT2D eigenvalue weighted by molar-refractivity contribution is 5.86. The Balaban J connectivity index is 1.55. The Morgan fingerprint density at radius 3 is 2.10 bits per heavy atom. The van der Waals surface area contributed by atoms with Gasteiger partial charge in [0.05, 0.1) is 0 Å². The van der Waals surface area contributed by atoms with Crippen LogP contribution in [0.1, 0.15) is 50.2 Å². The van der Waals surface area contributed by atoms with Crippen LogP contribution in [0.25, 0.3) is 11.1 Å². The zero-order valence-corrected chi connectivity index (χ0v) is 16.9. The second-order valence-electron chi connectivity index (χ2n) is 8.31. The molecule has 0 spiro atoms. The summed E-state index contributed by atoms with van der Waals surface area (Å²) in [7, 11) is 0. The van der Waals surface area contributed by atoms with Gasteiger partial charge >= 0.3 is 12.1 Å². The molecule has 1 amide bonds. The average molecular weight is 393 g/mol. The summed E-state index contributed by atoms with van der Waals surface area (Å²) in [6.45, 7) is 4.55. The van der Waals surface area contributed by atoms with Gasteiger partial charge in [-0.15, -0.1) is 0 Å². The van der Waals surface area contributed by atoms with Crippen molar-refractivity contribution in [3.63, 3.8) is 0 Å². The van der Waals surface area contributed by atoms with Crippen LogP contribution < -0.4 is 0 Å². The molecule has 0 unspecified atom stereocenters. The lowest BCUT2D eigenvalue weighted by Crippen LogP contribution is -2.64. The van der Waals surface area contributed by atoms with Crippen molar-refractivity contribution in [2.24, 2.45) is 5.92 Å². The number of ether oxygens (including phenoxy) is 1. The van der Waals surface area contributed by atoms with Crippen molar-refractivity contribution < 1.29 is 19.4 Å². The van der Waals surface area contributed by atoms with Gasteiger partial charge in [0.1, 0.15) is 12.1 Å². The standard InChI is InChI=1S/C24H27NO4/c1-3-12-25(24(22(26)27)13-16(2)14-24)23(28)29-15-21-19-10-6-4-8-17(19)18-9-5-7-11-20(18)21/h4-11,16,21H,3,12-15H2,1-2H3,(H,26,27). The van der Waals surface area contributed by atoms with Crippen LogP contribution in [0.5, 0.6) is 0 Å². The van der Waals surface area contributed by atoms with Gasteiger partial charge in [0.15, 0.2) is 0 Å². The van der Waals surface area contributed by atoms with E-state index in [0.29, 0.717) is 31.7 Å². The van der Waals surface area contributed by atoms with Crippen molar-refractivity contribution in [1.29, 1.82) is 0 Å². The van der Waals surface area contributed by atoms with Crippen molar-refractivity contribution in [2.45, 2.75) is 44.6 Å². The molecule has 1 N–H and O–H groups in total. The third-order valence-electron chi connectivity index (χ3n) is 6.29. The second kappa shape index (κ2) is 7.54. The Labute approximate surface area is 171 Å². The number of fused-ring (bicyclic) bond motifs is 3. The molecular formula is C24H27NO4. The zero-order chi connectivity index (χ0) is 20.6. The largest absolute Gasteiger partial charge is 0.479 e. The molecule has 4 rings (SSSR count). The Hall–Kier alpha value is -2.82. The first-order chi connectivity index (χ1) is 14.0. The maximum absolute atomic E-state index is 13.0. The van der Waals surface area contributed by atoms with Gasteiger partial charge in [0, 0.05) is 12.5 Å². The minimum absolute atomic E-state index is 0.0316. The van der Waals surface area contributed by atoms with Crippen molar-refractivity contribution in [1.82, 2.24) is 4.90 Å². The summed E-state index contributed by atoms with van der Waals surface area (Å²) in [4.78, 5) is 26.5. The molecule has 5 heteroatoms. The summed E-state index contributed by atoms with van der Waals surface area (Å²) in [5.41, 5.74) is 3.51. The maximum Gasteiger partial charge on any atom is 0.410 e. The molecule has 2 aromatic rings. The molecule has 0 radical (unpaired) electrons.